The number of piperidine rings is 1. The van der Waals surface area contributed by atoms with Crippen LogP contribution in [0.2, 0.25) is 5.02 Å². The van der Waals surface area contributed by atoms with Crippen molar-refractivity contribution in [2.24, 2.45) is 11.8 Å². The number of hydrogen-bond donors (Lipinski definition) is 3. The molecule has 6 nitrogen and oxygen atoms in total. The smallest absolute Gasteiger partial charge is 0.260 e. The first-order valence-electron chi connectivity index (χ1n) is 9.81. The lowest BCUT2D eigenvalue weighted by molar-refractivity contribution is 0.0633. The van der Waals surface area contributed by atoms with Crippen LogP contribution >= 0.6 is 11.6 Å². The number of aromatic nitrogens is 1. The molecule has 4 rings (SSSR count). The van der Waals surface area contributed by atoms with Gasteiger partial charge in [-0.2, -0.15) is 0 Å². The lowest BCUT2D eigenvalue weighted by Crippen LogP contribution is -2.49. The van der Waals surface area contributed by atoms with E-state index >= 15 is 0 Å². The van der Waals surface area contributed by atoms with Crippen molar-refractivity contribution in [3.63, 3.8) is 0 Å². The minimum absolute atomic E-state index is 0.117. The lowest BCUT2D eigenvalue weighted by Gasteiger charge is -2.37. The van der Waals surface area contributed by atoms with Crippen molar-refractivity contribution in [2.45, 2.75) is 25.3 Å². The van der Waals surface area contributed by atoms with Gasteiger partial charge in [-0.1, -0.05) is 41.9 Å². The number of aromatic amines is 1. The van der Waals surface area contributed by atoms with E-state index in [1.807, 2.05) is 6.07 Å². The molecule has 3 N–H and O–H groups in total. The molecule has 2 aliphatic rings. The molecule has 28 heavy (non-hydrogen) atoms. The molecule has 0 aliphatic carbocycles. The highest BCUT2D eigenvalue weighted by atomic mass is 35.5. The Morgan fingerprint density at radius 1 is 1.25 bits per heavy atom. The van der Waals surface area contributed by atoms with Crippen LogP contribution in [0.25, 0.3) is 0 Å². The molecule has 1 aromatic heterocycles. The van der Waals surface area contributed by atoms with E-state index < -0.39 is 0 Å². The summed E-state index contributed by atoms with van der Waals surface area (Å²) in [5.41, 5.74) is 7.80. The molecule has 1 amide bonds. The minimum Gasteiger partial charge on any atom is -0.338 e. The Morgan fingerprint density at radius 2 is 2.07 bits per heavy atom. The molecule has 0 spiro atoms. The molecule has 3 atom stereocenters. The zero-order valence-corrected chi connectivity index (χ0v) is 16.4. The number of nitrogens with one attached hydrogen (secondary N) is 3. The number of carbonyl (C=O) groups is 1. The van der Waals surface area contributed by atoms with Crippen LogP contribution in [0, 0.1) is 11.8 Å². The summed E-state index contributed by atoms with van der Waals surface area (Å²) in [6.45, 7) is 2.23. The second-order valence-corrected chi connectivity index (χ2v) is 8.15. The van der Waals surface area contributed by atoms with E-state index in [0.717, 1.165) is 25.8 Å². The Hall–Kier alpha value is -2.15. The predicted octanol–water partition coefficient (Wildman–Crippen LogP) is 2.22. The van der Waals surface area contributed by atoms with Crippen molar-refractivity contribution in [3.05, 3.63) is 69.1 Å². The fraction of sp³-hybridized carbons (Fsp3) is 0.429. The zero-order valence-electron chi connectivity index (χ0n) is 15.7. The van der Waals surface area contributed by atoms with Crippen LogP contribution < -0.4 is 16.4 Å². The van der Waals surface area contributed by atoms with Crippen molar-refractivity contribution < 1.29 is 4.79 Å². The molecule has 2 aromatic rings. The number of nitrogens with zero attached hydrogens (tertiary/aromatic N) is 1. The maximum absolute atomic E-state index is 12.9. The van der Waals surface area contributed by atoms with Crippen molar-refractivity contribution >= 4 is 17.5 Å². The molecule has 2 fully saturated rings. The van der Waals surface area contributed by atoms with Gasteiger partial charge in [0.15, 0.2) is 0 Å². The number of likely N-dealkylation sites (tertiary alicyclic amines) is 1. The van der Waals surface area contributed by atoms with Crippen LogP contribution in [0.1, 0.15) is 28.8 Å². The normalized spacial score (nSPS) is 25.0. The quantitative estimate of drug-likeness (QED) is 0.735. The number of H-pyrrole nitrogens is 1. The average Bonchev–Trinajstić information content (AvgIpc) is 3.18. The summed E-state index contributed by atoms with van der Waals surface area (Å²) in [5.74, 6) is 0.579. The molecule has 2 saturated heterocycles. The van der Waals surface area contributed by atoms with Crippen LogP contribution in [0.3, 0.4) is 0 Å². The third-order valence-corrected chi connectivity index (χ3v) is 6.05. The maximum Gasteiger partial charge on any atom is 0.260 e. The Kier molecular flexibility index (Phi) is 5.80. The minimum atomic E-state index is -0.390. The SMILES string of the molecule is O=C(c1cc(Cl)c[nH]c1=O)N1CCCC(C2NNCC2Cc2ccccc2)C1. The van der Waals surface area contributed by atoms with Gasteiger partial charge < -0.3 is 9.88 Å². The topological polar surface area (TPSA) is 77.2 Å². The molecular formula is C21H25ClN4O2. The molecule has 3 unspecified atom stereocenters. The number of carbonyl (C=O) groups excluding carboxylic acids is 1. The Balaban J connectivity index is 1.46. The molecule has 0 saturated carbocycles. The van der Waals surface area contributed by atoms with Gasteiger partial charge in [0.2, 0.25) is 0 Å². The first-order valence-corrected chi connectivity index (χ1v) is 10.2. The third kappa shape index (κ3) is 4.14. The van der Waals surface area contributed by atoms with Crippen LogP contribution in [0.4, 0.5) is 0 Å². The highest BCUT2D eigenvalue weighted by Crippen LogP contribution is 2.28. The zero-order chi connectivity index (χ0) is 19.5. The predicted molar refractivity (Wildman–Crippen MR) is 109 cm³/mol. The first-order chi connectivity index (χ1) is 13.6. The summed E-state index contributed by atoms with van der Waals surface area (Å²) in [7, 11) is 0. The van der Waals surface area contributed by atoms with Gasteiger partial charge in [0, 0.05) is 31.9 Å². The molecule has 1 aromatic carbocycles. The molecule has 2 aliphatic heterocycles. The van der Waals surface area contributed by atoms with Crippen LogP contribution in [-0.4, -0.2) is 41.5 Å². The highest BCUT2D eigenvalue weighted by molar-refractivity contribution is 6.30. The number of halogens is 1. The summed E-state index contributed by atoms with van der Waals surface area (Å²) in [6, 6.07) is 12.3. The summed E-state index contributed by atoms with van der Waals surface area (Å²) in [5, 5.41) is 0.362. The standard InChI is InChI=1S/C21H25ClN4O2/c22-17-10-18(20(27)23-12-17)21(28)26-8-4-7-15(13-26)19-16(11-24-25-19)9-14-5-2-1-3-6-14/h1-3,5-6,10,12,15-16,19,24-25H,4,7-9,11,13H2,(H,23,27). The second kappa shape index (κ2) is 8.47. The number of hydrazine groups is 1. The summed E-state index contributed by atoms with van der Waals surface area (Å²) >= 11 is 5.97. The Labute approximate surface area is 169 Å². The van der Waals surface area contributed by atoms with Gasteiger partial charge in [-0.15, -0.1) is 0 Å². The summed E-state index contributed by atoms with van der Waals surface area (Å²) < 4.78 is 0. The van der Waals surface area contributed by atoms with Crippen molar-refractivity contribution in [1.82, 2.24) is 20.7 Å². The van der Waals surface area contributed by atoms with E-state index in [1.165, 1.54) is 17.8 Å². The number of hydrogen-bond acceptors (Lipinski definition) is 4. The van der Waals surface area contributed by atoms with Gasteiger partial charge in [0.1, 0.15) is 5.56 Å². The lowest BCUT2D eigenvalue weighted by atomic mass is 9.81. The van der Waals surface area contributed by atoms with E-state index in [2.05, 4.69) is 40.1 Å². The average molecular weight is 401 g/mol. The number of amides is 1. The molecular weight excluding hydrogens is 376 g/mol. The van der Waals surface area contributed by atoms with Crippen molar-refractivity contribution in [3.8, 4) is 0 Å². The van der Waals surface area contributed by atoms with E-state index in [-0.39, 0.29) is 17.0 Å². The van der Waals surface area contributed by atoms with Gasteiger partial charge in [0.25, 0.3) is 11.5 Å². The summed E-state index contributed by atoms with van der Waals surface area (Å²) in [6.07, 6.45) is 4.41. The van der Waals surface area contributed by atoms with Crippen LogP contribution in [0.15, 0.2) is 47.4 Å². The molecule has 0 radical (unpaired) electrons. The van der Waals surface area contributed by atoms with Gasteiger partial charge in [0.05, 0.1) is 5.02 Å². The van der Waals surface area contributed by atoms with Gasteiger partial charge >= 0.3 is 0 Å². The molecule has 3 heterocycles. The Bertz CT molecular complexity index is 885. The highest BCUT2D eigenvalue weighted by Gasteiger charge is 2.37. The van der Waals surface area contributed by atoms with Gasteiger partial charge in [-0.05, 0) is 42.7 Å². The number of pyridine rings is 1. The number of benzene rings is 1. The van der Waals surface area contributed by atoms with Gasteiger partial charge in [-0.25, -0.2) is 0 Å². The van der Waals surface area contributed by atoms with E-state index in [1.54, 1.807) is 4.90 Å². The molecule has 148 valence electrons. The van der Waals surface area contributed by atoms with Gasteiger partial charge in [-0.3, -0.25) is 20.4 Å². The Morgan fingerprint density at radius 3 is 2.89 bits per heavy atom. The first kappa shape index (κ1) is 19.2. The van der Waals surface area contributed by atoms with Crippen LogP contribution in [0.5, 0.6) is 0 Å². The van der Waals surface area contributed by atoms with E-state index in [9.17, 15) is 9.59 Å². The fourth-order valence-electron chi connectivity index (χ4n) is 4.45. The summed E-state index contributed by atoms with van der Waals surface area (Å²) in [4.78, 5) is 29.3. The number of rotatable bonds is 4. The molecule has 7 heteroatoms. The monoisotopic (exact) mass is 400 g/mol. The van der Waals surface area contributed by atoms with Crippen molar-refractivity contribution in [2.75, 3.05) is 19.6 Å². The third-order valence-electron chi connectivity index (χ3n) is 5.83. The largest absolute Gasteiger partial charge is 0.338 e. The molecule has 0 bridgehead atoms. The fourth-order valence-corrected chi connectivity index (χ4v) is 4.61. The van der Waals surface area contributed by atoms with Crippen molar-refractivity contribution in [1.29, 1.82) is 0 Å². The van der Waals surface area contributed by atoms with Crippen LogP contribution in [-0.2, 0) is 6.42 Å². The maximum atomic E-state index is 12.9. The second-order valence-electron chi connectivity index (χ2n) is 7.71. The van der Waals surface area contributed by atoms with E-state index in [4.69, 9.17) is 11.6 Å². The van der Waals surface area contributed by atoms with E-state index in [0.29, 0.717) is 36.0 Å².